The van der Waals surface area contributed by atoms with Crippen molar-refractivity contribution in [2.24, 2.45) is 9.98 Å². The second-order valence-corrected chi connectivity index (χ2v) is 12.9. The van der Waals surface area contributed by atoms with Gasteiger partial charge in [0, 0.05) is 33.0 Å². The fourth-order valence-electron chi connectivity index (χ4n) is 7.61. The molecule has 1 atom stereocenters. The summed E-state index contributed by atoms with van der Waals surface area (Å²) in [7, 11) is 0. The highest BCUT2D eigenvalue weighted by molar-refractivity contribution is 6.21. The molecular weight excluding hydrogens is 623 g/mol. The maximum Gasteiger partial charge on any atom is 0.170 e. The van der Waals surface area contributed by atoms with Gasteiger partial charge in [0.2, 0.25) is 0 Å². The van der Waals surface area contributed by atoms with E-state index in [1.165, 1.54) is 27.3 Å². The highest BCUT2D eigenvalue weighted by atomic mass is 16.3. The zero-order valence-corrected chi connectivity index (χ0v) is 27.6. The van der Waals surface area contributed by atoms with Crippen molar-refractivity contribution < 1.29 is 4.42 Å². The van der Waals surface area contributed by atoms with Crippen molar-refractivity contribution in [2.45, 2.75) is 6.17 Å². The lowest BCUT2D eigenvalue weighted by Crippen LogP contribution is -2.36. The van der Waals surface area contributed by atoms with Crippen molar-refractivity contribution in [3.8, 4) is 22.3 Å². The molecule has 0 spiro atoms. The van der Waals surface area contributed by atoms with E-state index in [0.29, 0.717) is 0 Å². The van der Waals surface area contributed by atoms with E-state index >= 15 is 0 Å². The van der Waals surface area contributed by atoms with Crippen LogP contribution in [0.15, 0.2) is 190 Å². The van der Waals surface area contributed by atoms with Crippen LogP contribution in [-0.2, 0) is 0 Å². The van der Waals surface area contributed by atoms with Gasteiger partial charge in [0.15, 0.2) is 6.17 Å². The summed E-state index contributed by atoms with van der Waals surface area (Å²) in [6.45, 7) is 0. The molecule has 1 N–H and O–H groups in total. The highest BCUT2D eigenvalue weighted by Crippen LogP contribution is 2.42. The topological polar surface area (TPSA) is 49.9 Å². The molecular formula is C47H31N3O. The van der Waals surface area contributed by atoms with Gasteiger partial charge in [-0.1, -0.05) is 170 Å². The molecule has 0 fully saturated rings. The van der Waals surface area contributed by atoms with Crippen LogP contribution in [0.25, 0.3) is 65.7 Å². The molecule has 0 radical (unpaired) electrons. The van der Waals surface area contributed by atoms with Crippen LogP contribution in [-0.4, -0.2) is 11.7 Å². The van der Waals surface area contributed by atoms with Crippen LogP contribution in [0.1, 0.15) is 22.9 Å². The molecule has 0 bridgehead atoms. The molecule has 1 aliphatic heterocycles. The monoisotopic (exact) mass is 653 g/mol. The van der Waals surface area contributed by atoms with Crippen molar-refractivity contribution in [2.75, 3.05) is 0 Å². The van der Waals surface area contributed by atoms with Crippen LogP contribution >= 0.6 is 0 Å². The van der Waals surface area contributed by atoms with Gasteiger partial charge in [-0.25, -0.2) is 9.98 Å². The quantitative estimate of drug-likeness (QED) is 0.201. The number of furan rings is 1. The zero-order valence-electron chi connectivity index (χ0n) is 27.6. The molecule has 0 saturated carbocycles. The Hall–Kier alpha value is -6.78. The summed E-state index contributed by atoms with van der Waals surface area (Å²) in [5.74, 6) is 1.56. The predicted molar refractivity (Wildman–Crippen MR) is 211 cm³/mol. The summed E-state index contributed by atoms with van der Waals surface area (Å²) in [6.07, 6.45) is -0.505. The van der Waals surface area contributed by atoms with Gasteiger partial charge in [0.05, 0.1) is 0 Å². The number of nitrogens with one attached hydrogen (secondary N) is 1. The molecule has 1 aliphatic rings. The Labute approximate surface area is 295 Å². The third kappa shape index (κ3) is 4.92. The van der Waals surface area contributed by atoms with Crippen LogP contribution in [0, 0.1) is 0 Å². The number of fused-ring (bicyclic) bond motifs is 5. The van der Waals surface area contributed by atoms with E-state index in [4.69, 9.17) is 14.4 Å². The maximum absolute atomic E-state index is 6.74. The lowest BCUT2D eigenvalue weighted by Gasteiger charge is -2.24. The van der Waals surface area contributed by atoms with Crippen LogP contribution in [0.2, 0.25) is 0 Å². The first-order valence-corrected chi connectivity index (χ1v) is 17.3. The zero-order chi connectivity index (χ0) is 33.7. The first-order chi connectivity index (χ1) is 25.3. The van der Waals surface area contributed by atoms with E-state index in [2.05, 4.69) is 163 Å². The van der Waals surface area contributed by atoms with Crippen molar-refractivity contribution in [3.63, 3.8) is 0 Å². The Kier molecular flexibility index (Phi) is 6.85. The molecule has 51 heavy (non-hydrogen) atoms. The molecule has 240 valence electrons. The van der Waals surface area contributed by atoms with Crippen LogP contribution < -0.4 is 5.32 Å². The Bertz CT molecular complexity index is 2830. The molecule has 4 heteroatoms. The van der Waals surface area contributed by atoms with E-state index in [1.807, 2.05) is 18.2 Å². The van der Waals surface area contributed by atoms with Crippen molar-refractivity contribution >= 4 is 55.2 Å². The Morgan fingerprint density at radius 2 is 1.00 bits per heavy atom. The number of rotatable bonds is 5. The molecule has 2 heterocycles. The predicted octanol–water partition coefficient (Wildman–Crippen LogP) is 11.7. The average Bonchev–Trinajstić information content (AvgIpc) is 3.60. The fraction of sp³-hybridized carbons (Fsp3) is 0.0213. The number of hydrogen-bond acceptors (Lipinski definition) is 4. The second-order valence-electron chi connectivity index (χ2n) is 12.9. The summed E-state index contributed by atoms with van der Waals surface area (Å²) in [5, 5.41) is 10.4. The molecule has 0 amide bonds. The van der Waals surface area contributed by atoms with Gasteiger partial charge in [-0.05, 0) is 44.3 Å². The number of benzene rings is 8. The lowest BCUT2D eigenvalue weighted by molar-refractivity contribution is 0.668. The Balaban J connectivity index is 1.18. The smallest absolute Gasteiger partial charge is 0.170 e. The Morgan fingerprint density at radius 1 is 0.412 bits per heavy atom. The van der Waals surface area contributed by atoms with Gasteiger partial charge < -0.3 is 9.73 Å². The molecule has 4 nitrogen and oxygen atoms in total. The van der Waals surface area contributed by atoms with Crippen molar-refractivity contribution in [3.05, 3.63) is 193 Å². The standard InChI is InChI=1S/C47H31N3O/c1-3-14-30(15-4-1)34-28-29-39(37-22-10-9-21-35(34)37)46-48-45(32-17-5-2-6-18-32)49-47(50-46)41-26-13-27-42-43(41)40-25-12-24-38(44(40)51-42)36-23-11-19-31-16-7-8-20-33(31)36/h1-29,47H,(H,48,49,50). The van der Waals surface area contributed by atoms with E-state index in [1.54, 1.807) is 0 Å². The molecule has 1 unspecified atom stereocenters. The third-order valence-corrected chi connectivity index (χ3v) is 9.96. The largest absolute Gasteiger partial charge is 0.455 e. The van der Waals surface area contributed by atoms with Gasteiger partial charge in [-0.3, -0.25) is 0 Å². The van der Waals surface area contributed by atoms with E-state index < -0.39 is 6.17 Å². The van der Waals surface area contributed by atoms with Crippen LogP contribution in [0.5, 0.6) is 0 Å². The number of para-hydroxylation sites is 1. The summed E-state index contributed by atoms with van der Waals surface area (Å²) in [4.78, 5) is 10.7. The lowest BCUT2D eigenvalue weighted by atomic mass is 9.94. The first kappa shape index (κ1) is 29.2. The molecule has 1 aromatic heterocycles. The van der Waals surface area contributed by atoms with Gasteiger partial charge in [0.1, 0.15) is 22.8 Å². The number of hydrogen-bond donors (Lipinski definition) is 1. The molecule has 9 aromatic rings. The molecule has 8 aromatic carbocycles. The van der Waals surface area contributed by atoms with E-state index in [0.717, 1.165) is 66.8 Å². The molecule has 10 rings (SSSR count). The average molecular weight is 654 g/mol. The van der Waals surface area contributed by atoms with Crippen LogP contribution in [0.3, 0.4) is 0 Å². The summed E-state index contributed by atoms with van der Waals surface area (Å²) >= 11 is 0. The van der Waals surface area contributed by atoms with Gasteiger partial charge in [0.25, 0.3) is 0 Å². The fourth-order valence-corrected chi connectivity index (χ4v) is 7.61. The summed E-state index contributed by atoms with van der Waals surface area (Å²) in [5.41, 5.74) is 9.31. The number of aliphatic imine (C=N–C) groups is 2. The van der Waals surface area contributed by atoms with Crippen molar-refractivity contribution in [1.29, 1.82) is 0 Å². The summed E-state index contributed by atoms with van der Waals surface area (Å²) in [6, 6.07) is 61.5. The summed E-state index contributed by atoms with van der Waals surface area (Å²) < 4.78 is 6.74. The minimum atomic E-state index is -0.505. The van der Waals surface area contributed by atoms with Crippen LogP contribution in [0.4, 0.5) is 0 Å². The van der Waals surface area contributed by atoms with E-state index in [9.17, 15) is 0 Å². The minimum Gasteiger partial charge on any atom is -0.455 e. The minimum absolute atomic E-state index is 0.505. The highest BCUT2D eigenvalue weighted by Gasteiger charge is 2.26. The SMILES string of the molecule is c1ccc(C2=NC(c3cccc4oc5c(-c6cccc7ccccc67)cccc5c34)N=C(c3ccc(-c4ccccc4)c4ccccc34)N2)cc1. The molecule has 0 aliphatic carbocycles. The van der Waals surface area contributed by atoms with Crippen molar-refractivity contribution in [1.82, 2.24) is 5.32 Å². The Morgan fingerprint density at radius 3 is 1.82 bits per heavy atom. The first-order valence-electron chi connectivity index (χ1n) is 17.3. The number of amidine groups is 2. The van der Waals surface area contributed by atoms with Gasteiger partial charge in [-0.15, -0.1) is 0 Å². The maximum atomic E-state index is 6.74. The van der Waals surface area contributed by atoms with Gasteiger partial charge in [-0.2, -0.15) is 0 Å². The van der Waals surface area contributed by atoms with E-state index in [-0.39, 0.29) is 0 Å². The second kappa shape index (κ2) is 12.0. The number of nitrogens with zero attached hydrogens (tertiary/aromatic N) is 2. The van der Waals surface area contributed by atoms with Gasteiger partial charge >= 0.3 is 0 Å². The normalized spacial score (nSPS) is 14.5. The molecule has 0 saturated heterocycles. The third-order valence-electron chi connectivity index (χ3n) is 9.96.